The molecule has 3 N–H and O–H groups in total. The molecule has 0 saturated heterocycles. The van der Waals surface area contributed by atoms with Gasteiger partial charge in [-0.15, -0.1) is 0 Å². The van der Waals surface area contributed by atoms with Gasteiger partial charge in [0.1, 0.15) is 0 Å². The highest BCUT2D eigenvalue weighted by Crippen LogP contribution is 2.20. The zero-order valence-electron chi connectivity index (χ0n) is 11.9. The predicted molar refractivity (Wildman–Crippen MR) is 78.7 cm³/mol. The van der Waals surface area contributed by atoms with Gasteiger partial charge in [0.15, 0.2) is 0 Å². The Morgan fingerprint density at radius 3 is 3.00 bits per heavy atom. The molecule has 0 bridgehead atoms. The summed E-state index contributed by atoms with van der Waals surface area (Å²) in [6.45, 7) is 2.87. The second-order valence-electron chi connectivity index (χ2n) is 5.28. The summed E-state index contributed by atoms with van der Waals surface area (Å²) in [6, 6.07) is 1.58. The molecule has 1 aromatic heterocycles. The number of rotatable bonds is 5. The minimum absolute atomic E-state index is 0.136. The fraction of sp³-hybridized carbons (Fsp3) is 0.600. The zero-order valence-corrected chi connectivity index (χ0v) is 11.9. The van der Waals surface area contributed by atoms with E-state index in [1.807, 2.05) is 0 Å². The molecule has 5 heteroatoms. The van der Waals surface area contributed by atoms with Crippen molar-refractivity contribution in [1.82, 2.24) is 10.3 Å². The van der Waals surface area contributed by atoms with Crippen LogP contribution in [0.3, 0.4) is 0 Å². The molecule has 1 fully saturated rings. The minimum atomic E-state index is -0.429. The molecule has 1 aliphatic carbocycles. The lowest BCUT2D eigenvalue weighted by Gasteiger charge is -2.28. The van der Waals surface area contributed by atoms with Crippen molar-refractivity contribution in [1.29, 1.82) is 0 Å². The van der Waals surface area contributed by atoms with E-state index in [2.05, 4.69) is 22.5 Å². The van der Waals surface area contributed by atoms with Gasteiger partial charge in [0, 0.05) is 12.7 Å². The first kappa shape index (κ1) is 14.8. The molecule has 0 radical (unpaired) electrons. The van der Waals surface area contributed by atoms with Gasteiger partial charge in [-0.05, 0) is 25.3 Å². The molecule has 1 amide bonds. The summed E-state index contributed by atoms with van der Waals surface area (Å²) in [5, 5.41) is 16.1. The summed E-state index contributed by atoms with van der Waals surface area (Å²) in [4.78, 5) is 16.4. The van der Waals surface area contributed by atoms with Crippen LogP contribution in [0.25, 0.3) is 0 Å². The molecular weight excluding hydrogens is 254 g/mol. The molecule has 1 aliphatic rings. The molecule has 20 heavy (non-hydrogen) atoms. The molecule has 0 spiro atoms. The van der Waals surface area contributed by atoms with Crippen LogP contribution in [0.4, 0.5) is 5.69 Å². The van der Waals surface area contributed by atoms with Gasteiger partial charge in [-0.25, -0.2) is 0 Å². The van der Waals surface area contributed by atoms with Crippen LogP contribution in [-0.4, -0.2) is 34.7 Å². The van der Waals surface area contributed by atoms with Crippen molar-refractivity contribution in [3.8, 4) is 0 Å². The Bertz CT molecular complexity index is 450. The predicted octanol–water partition coefficient (Wildman–Crippen LogP) is 1.94. The smallest absolute Gasteiger partial charge is 0.253 e. The number of aromatic nitrogens is 1. The van der Waals surface area contributed by atoms with Crippen LogP contribution in [0.15, 0.2) is 18.5 Å². The average Bonchev–Trinajstić information content (AvgIpc) is 2.47. The number of carbonyl (C=O) groups is 1. The Labute approximate surface area is 119 Å². The number of nitrogens with one attached hydrogen (secondary N) is 2. The van der Waals surface area contributed by atoms with Crippen molar-refractivity contribution in [3.63, 3.8) is 0 Å². The Balaban J connectivity index is 2.04. The Morgan fingerprint density at radius 2 is 2.25 bits per heavy atom. The van der Waals surface area contributed by atoms with E-state index in [4.69, 9.17) is 0 Å². The van der Waals surface area contributed by atoms with Crippen LogP contribution in [0.1, 0.15) is 49.4 Å². The van der Waals surface area contributed by atoms with Crippen LogP contribution in [0.5, 0.6) is 0 Å². The third-order valence-electron chi connectivity index (χ3n) is 3.68. The van der Waals surface area contributed by atoms with E-state index in [1.165, 1.54) is 0 Å². The molecule has 1 saturated carbocycles. The third-order valence-corrected chi connectivity index (χ3v) is 3.68. The Kier molecular flexibility index (Phi) is 5.35. The number of hydrogen-bond acceptors (Lipinski definition) is 4. The van der Waals surface area contributed by atoms with E-state index in [0.717, 1.165) is 44.3 Å². The number of hydrogen-bond donors (Lipinski definition) is 3. The lowest BCUT2D eigenvalue weighted by molar-refractivity contribution is 0.0718. The van der Waals surface area contributed by atoms with Crippen molar-refractivity contribution in [2.75, 3.05) is 11.9 Å². The number of nitrogens with zero attached hydrogens (tertiary/aromatic N) is 1. The largest absolute Gasteiger partial charge is 0.391 e. The van der Waals surface area contributed by atoms with Crippen molar-refractivity contribution >= 4 is 11.6 Å². The number of anilines is 1. The quantitative estimate of drug-likeness (QED) is 0.769. The second-order valence-corrected chi connectivity index (χ2v) is 5.28. The topological polar surface area (TPSA) is 74.2 Å². The maximum Gasteiger partial charge on any atom is 0.253 e. The summed E-state index contributed by atoms with van der Waals surface area (Å²) in [5.74, 6) is -0.142. The van der Waals surface area contributed by atoms with Crippen LogP contribution >= 0.6 is 0 Å². The van der Waals surface area contributed by atoms with Crippen molar-refractivity contribution in [2.24, 2.45) is 0 Å². The number of aliphatic hydroxyl groups is 1. The first-order valence-electron chi connectivity index (χ1n) is 7.39. The molecule has 2 unspecified atom stereocenters. The summed E-state index contributed by atoms with van der Waals surface area (Å²) in [7, 11) is 0. The van der Waals surface area contributed by atoms with Crippen LogP contribution in [0, 0.1) is 0 Å². The standard InChI is InChI=1S/C15H23N3O2/c1-2-8-17-13-10-16-9-7-11(13)15(20)18-12-5-3-4-6-14(12)19/h7,9-10,12,14,17,19H,2-6,8H2,1H3,(H,18,20). The molecule has 0 aromatic carbocycles. The first-order valence-corrected chi connectivity index (χ1v) is 7.39. The Hall–Kier alpha value is -1.62. The number of aliphatic hydroxyl groups excluding tert-OH is 1. The van der Waals surface area contributed by atoms with E-state index < -0.39 is 6.10 Å². The van der Waals surface area contributed by atoms with Crippen molar-refractivity contribution < 1.29 is 9.90 Å². The van der Waals surface area contributed by atoms with E-state index in [1.54, 1.807) is 18.5 Å². The lowest BCUT2D eigenvalue weighted by Crippen LogP contribution is -2.45. The van der Waals surface area contributed by atoms with Gasteiger partial charge in [0.25, 0.3) is 5.91 Å². The van der Waals surface area contributed by atoms with Gasteiger partial charge in [0.05, 0.1) is 29.6 Å². The molecule has 2 rings (SSSR count). The molecule has 0 aliphatic heterocycles. The minimum Gasteiger partial charge on any atom is -0.391 e. The fourth-order valence-electron chi connectivity index (χ4n) is 2.52. The highest BCUT2D eigenvalue weighted by Gasteiger charge is 2.25. The van der Waals surface area contributed by atoms with E-state index in [-0.39, 0.29) is 11.9 Å². The number of amides is 1. The summed E-state index contributed by atoms with van der Waals surface area (Å²) >= 11 is 0. The third kappa shape index (κ3) is 3.70. The average molecular weight is 277 g/mol. The zero-order chi connectivity index (χ0) is 14.4. The molecule has 2 atom stereocenters. The van der Waals surface area contributed by atoms with Gasteiger partial charge in [0.2, 0.25) is 0 Å². The number of pyridine rings is 1. The van der Waals surface area contributed by atoms with Gasteiger partial charge in [-0.1, -0.05) is 19.8 Å². The van der Waals surface area contributed by atoms with Crippen LogP contribution in [-0.2, 0) is 0 Å². The van der Waals surface area contributed by atoms with Crippen molar-refractivity contribution in [3.05, 3.63) is 24.0 Å². The molecule has 1 heterocycles. The van der Waals surface area contributed by atoms with Gasteiger partial charge in [-0.2, -0.15) is 0 Å². The highest BCUT2D eigenvalue weighted by molar-refractivity contribution is 5.99. The molecular formula is C15H23N3O2. The van der Waals surface area contributed by atoms with Gasteiger partial charge >= 0.3 is 0 Å². The summed E-state index contributed by atoms with van der Waals surface area (Å²) in [6.07, 6.45) is 7.54. The normalized spacial score (nSPS) is 22.3. The lowest BCUT2D eigenvalue weighted by atomic mass is 9.92. The van der Waals surface area contributed by atoms with Crippen LogP contribution in [0.2, 0.25) is 0 Å². The summed E-state index contributed by atoms with van der Waals surface area (Å²) in [5.41, 5.74) is 1.34. The van der Waals surface area contributed by atoms with Gasteiger partial charge < -0.3 is 15.7 Å². The molecule has 1 aromatic rings. The van der Waals surface area contributed by atoms with E-state index in [9.17, 15) is 9.90 Å². The van der Waals surface area contributed by atoms with Crippen LogP contribution < -0.4 is 10.6 Å². The van der Waals surface area contributed by atoms with E-state index in [0.29, 0.717) is 5.56 Å². The SMILES string of the molecule is CCCNc1cnccc1C(=O)NC1CCCCC1O. The maximum atomic E-state index is 12.4. The molecule has 5 nitrogen and oxygen atoms in total. The highest BCUT2D eigenvalue weighted by atomic mass is 16.3. The van der Waals surface area contributed by atoms with Gasteiger partial charge in [-0.3, -0.25) is 9.78 Å². The fourth-order valence-corrected chi connectivity index (χ4v) is 2.52. The summed E-state index contributed by atoms with van der Waals surface area (Å²) < 4.78 is 0. The maximum absolute atomic E-state index is 12.4. The monoisotopic (exact) mass is 277 g/mol. The van der Waals surface area contributed by atoms with E-state index >= 15 is 0 Å². The molecule has 110 valence electrons. The second kappa shape index (κ2) is 7.24. The van der Waals surface area contributed by atoms with Crippen molar-refractivity contribution in [2.45, 2.75) is 51.2 Å². The number of carbonyl (C=O) groups excluding carboxylic acids is 1. The Morgan fingerprint density at radius 1 is 1.45 bits per heavy atom. The first-order chi connectivity index (χ1) is 9.72.